The van der Waals surface area contributed by atoms with Crippen LogP contribution in [0.5, 0.6) is 17.2 Å². The van der Waals surface area contributed by atoms with Gasteiger partial charge in [0.05, 0.1) is 38.6 Å². The van der Waals surface area contributed by atoms with E-state index in [1.807, 2.05) is 12.1 Å². The van der Waals surface area contributed by atoms with Gasteiger partial charge < -0.3 is 28.8 Å². The number of ether oxygens (including phenoxy) is 5. The van der Waals surface area contributed by atoms with Crippen LogP contribution in [0.4, 0.5) is 0 Å². The minimum atomic E-state index is -0.592. The predicted molar refractivity (Wildman–Crippen MR) is 155 cm³/mol. The highest BCUT2D eigenvalue weighted by Gasteiger charge is 2.06. The van der Waals surface area contributed by atoms with E-state index in [1.54, 1.807) is 42.5 Å². The normalized spacial score (nSPS) is 10.6. The quantitative estimate of drug-likeness (QED) is 0.0995. The summed E-state index contributed by atoms with van der Waals surface area (Å²) < 4.78 is 26.6. The first kappa shape index (κ1) is 32.8. The topological polar surface area (TPSA) is 118 Å². The van der Waals surface area contributed by atoms with Crippen molar-refractivity contribution >= 4 is 24.0 Å². The molecule has 0 bridgehead atoms. The summed E-state index contributed by atoms with van der Waals surface area (Å²) in [6.45, 7) is 8.01. The van der Waals surface area contributed by atoms with Crippen molar-refractivity contribution in [1.82, 2.24) is 0 Å². The molecule has 0 fully saturated rings. The Balaban J connectivity index is 1.60. The molecule has 2 rings (SSSR count). The number of benzene rings is 2. The van der Waals surface area contributed by atoms with Crippen LogP contribution < -0.4 is 14.2 Å². The molecule has 0 aliphatic rings. The second-order valence-electron chi connectivity index (χ2n) is 8.88. The van der Waals surface area contributed by atoms with Crippen LogP contribution in [0.25, 0.3) is 6.08 Å². The van der Waals surface area contributed by atoms with E-state index >= 15 is 0 Å². The van der Waals surface area contributed by atoms with Gasteiger partial charge in [0.25, 0.3) is 0 Å². The van der Waals surface area contributed by atoms with E-state index in [0.717, 1.165) is 37.3 Å². The van der Waals surface area contributed by atoms with Gasteiger partial charge >= 0.3 is 17.9 Å². The van der Waals surface area contributed by atoms with E-state index < -0.39 is 24.5 Å². The zero-order chi connectivity index (χ0) is 29.7. The number of carbonyl (C=O) groups excluding carboxylic acids is 3. The van der Waals surface area contributed by atoms with Gasteiger partial charge in [-0.1, -0.05) is 25.3 Å². The molecule has 0 saturated heterocycles. The van der Waals surface area contributed by atoms with Crippen LogP contribution in [0.3, 0.4) is 0 Å². The number of rotatable bonds is 20. The zero-order valence-electron chi connectivity index (χ0n) is 23.3. The number of aliphatic hydroxyl groups is 1. The highest BCUT2D eigenvalue weighted by molar-refractivity contribution is 5.89. The molecule has 9 heteroatoms. The number of carbonyl (C=O) groups is 3. The molecule has 0 aromatic heterocycles. The van der Waals surface area contributed by atoms with Crippen LogP contribution in [0.15, 0.2) is 79.4 Å². The average molecular weight is 567 g/mol. The summed E-state index contributed by atoms with van der Waals surface area (Å²) in [5.74, 6) is 0.302. The van der Waals surface area contributed by atoms with Gasteiger partial charge in [-0.2, -0.15) is 0 Å². The molecule has 220 valence electrons. The smallest absolute Gasteiger partial charge is 0.336 e. The van der Waals surface area contributed by atoms with Crippen molar-refractivity contribution in [3.05, 3.63) is 85.0 Å². The first-order valence-electron chi connectivity index (χ1n) is 13.5. The van der Waals surface area contributed by atoms with Gasteiger partial charge in [-0.25, -0.2) is 14.4 Å². The number of esters is 3. The highest BCUT2D eigenvalue weighted by atomic mass is 16.5. The van der Waals surface area contributed by atoms with Gasteiger partial charge in [0.15, 0.2) is 0 Å². The predicted octanol–water partition coefficient (Wildman–Crippen LogP) is 5.22. The Labute approximate surface area is 241 Å². The second-order valence-corrected chi connectivity index (χ2v) is 8.88. The molecule has 41 heavy (non-hydrogen) atoms. The molecular formula is C32H38O9. The third-order valence-electron chi connectivity index (χ3n) is 5.57. The van der Waals surface area contributed by atoms with Gasteiger partial charge in [-0.05, 0) is 86.6 Å². The molecule has 0 amide bonds. The van der Waals surface area contributed by atoms with Crippen LogP contribution >= 0.6 is 0 Å². The van der Waals surface area contributed by atoms with Crippen molar-refractivity contribution in [3.63, 3.8) is 0 Å². The molecule has 0 spiro atoms. The molecule has 2 aromatic carbocycles. The van der Waals surface area contributed by atoms with Crippen molar-refractivity contribution in [2.45, 2.75) is 38.5 Å². The molecule has 0 atom stereocenters. The monoisotopic (exact) mass is 566 g/mol. The lowest BCUT2D eigenvalue weighted by Crippen LogP contribution is -2.11. The Morgan fingerprint density at radius 2 is 1.20 bits per heavy atom. The molecule has 0 unspecified atom stereocenters. The zero-order valence-corrected chi connectivity index (χ0v) is 23.3. The lowest BCUT2D eigenvalue weighted by molar-refractivity contribution is -0.140. The van der Waals surface area contributed by atoms with Crippen LogP contribution in [0.1, 0.15) is 44.1 Å². The summed E-state index contributed by atoms with van der Waals surface area (Å²) in [6, 6.07) is 14.1. The van der Waals surface area contributed by atoms with Crippen molar-refractivity contribution in [2.75, 3.05) is 33.0 Å². The number of hydrogen-bond donors (Lipinski definition) is 1. The van der Waals surface area contributed by atoms with E-state index in [4.69, 9.17) is 28.8 Å². The summed E-state index contributed by atoms with van der Waals surface area (Å²) >= 11 is 0. The second kappa shape index (κ2) is 19.7. The van der Waals surface area contributed by atoms with E-state index in [1.165, 1.54) is 6.08 Å². The lowest BCUT2D eigenvalue weighted by Gasteiger charge is -2.08. The Morgan fingerprint density at radius 1 is 0.683 bits per heavy atom. The van der Waals surface area contributed by atoms with Gasteiger partial charge in [-0.3, -0.25) is 0 Å². The molecule has 0 aliphatic heterocycles. The molecular weight excluding hydrogens is 528 g/mol. The maximum atomic E-state index is 12.2. The Hall–Kier alpha value is -4.37. The molecule has 0 radical (unpaired) electrons. The third kappa shape index (κ3) is 14.5. The average Bonchev–Trinajstić information content (AvgIpc) is 2.99. The number of aliphatic hydroxyl groups excluding tert-OH is 1. The van der Waals surface area contributed by atoms with Crippen molar-refractivity contribution in [1.29, 1.82) is 0 Å². The maximum Gasteiger partial charge on any atom is 0.336 e. The fourth-order valence-electron chi connectivity index (χ4n) is 3.30. The molecule has 0 aliphatic carbocycles. The van der Waals surface area contributed by atoms with Crippen molar-refractivity contribution < 1.29 is 43.2 Å². The van der Waals surface area contributed by atoms with Gasteiger partial charge in [-0.15, -0.1) is 0 Å². The van der Waals surface area contributed by atoms with Crippen LogP contribution in [0, 0.1) is 0 Å². The molecule has 1 N–H and O–H groups in total. The Kier molecular flexibility index (Phi) is 15.7. The molecule has 2 aromatic rings. The van der Waals surface area contributed by atoms with Crippen LogP contribution in [0.2, 0.25) is 0 Å². The van der Waals surface area contributed by atoms with E-state index in [9.17, 15) is 14.4 Å². The summed E-state index contributed by atoms with van der Waals surface area (Å²) in [4.78, 5) is 34.5. The van der Waals surface area contributed by atoms with Gasteiger partial charge in [0.2, 0.25) is 0 Å². The van der Waals surface area contributed by atoms with E-state index in [-0.39, 0.29) is 12.2 Å². The third-order valence-corrected chi connectivity index (χ3v) is 5.57. The van der Waals surface area contributed by atoms with E-state index in [0.29, 0.717) is 49.9 Å². The number of hydrogen-bond acceptors (Lipinski definition) is 9. The Morgan fingerprint density at radius 3 is 1.80 bits per heavy atom. The largest absolute Gasteiger partial charge is 0.494 e. The molecule has 9 nitrogen and oxygen atoms in total. The summed E-state index contributed by atoms with van der Waals surface area (Å²) in [7, 11) is 0. The lowest BCUT2D eigenvalue weighted by atomic mass is 10.2. The summed E-state index contributed by atoms with van der Waals surface area (Å²) in [6.07, 6.45) is 9.08. The molecule has 0 saturated carbocycles. The fraction of sp³-hybridized carbons (Fsp3) is 0.344. The number of unbranched alkanes of at least 4 members (excludes halogenated alkanes) is 4. The fourth-order valence-corrected chi connectivity index (χ4v) is 3.30. The van der Waals surface area contributed by atoms with Crippen LogP contribution in [-0.2, 0) is 23.9 Å². The maximum absolute atomic E-state index is 12.2. The van der Waals surface area contributed by atoms with Gasteiger partial charge in [0.1, 0.15) is 17.2 Å². The molecule has 0 heterocycles. The minimum absolute atomic E-state index is 0.0335. The van der Waals surface area contributed by atoms with Crippen molar-refractivity contribution in [3.8, 4) is 17.2 Å². The van der Waals surface area contributed by atoms with Gasteiger partial charge in [0, 0.05) is 12.2 Å². The van der Waals surface area contributed by atoms with E-state index in [2.05, 4.69) is 13.2 Å². The minimum Gasteiger partial charge on any atom is -0.494 e. The van der Waals surface area contributed by atoms with Crippen molar-refractivity contribution in [2.24, 2.45) is 0 Å². The first-order chi connectivity index (χ1) is 19.9. The summed E-state index contributed by atoms with van der Waals surface area (Å²) in [5, 5.41) is 8.82. The SMILES string of the molecule is C=CC(=O)OCCCCCCOc1ccc(OC(=O)/C=C/c2ccc(OCCCCOC(=O)C(=C)CO)cc2)cc1. The first-order valence-corrected chi connectivity index (χ1v) is 13.5. The standard InChI is InChI=1S/C32H38O9/c1-3-30(34)39-22-7-5-4-6-20-37-28-15-17-29(18-16-28)41-31(35)19-12-26-10-13-27(14-11-26)38-21-8-9-23-40-32(36)25(2)24-33/h3,10-19,33H,1-2,4-9,20-24H2/b19-12+. The van der Waals surface area contributed by atoms with Crippen LogP contribution in [-0.4, -0.2) is 56.0 Å². The Bertz CT molecular complexity index is 1130. The summed E-state index contributed by atoms with van der Waals surface area (Å²) in [5.41, 5.74) is 0.845. The highest BCUT2D eigenvalue weighted by Crippen LogP contribution is 2.19.